The first-order valence-electron chi connectivity index (χ1n) is 8.06. The molecule has 2 aromatic rings. The number of benzene rings is 2. The van der Waals surface area contributed by atoms with Crippen molar-refractivity contribution < 1.29 is 31.9 Å². The van der Waals surface area contributed by atoms with Gasteiger partial charge in [0.2, 0.25) is 0 Å². The summed E-state index contributed by atoms with van der Waals surface area (Å²) in [5.74, 6) is 0. The van der Waals surface area contributed by atoms with Crippen LogP contribution in [0.1, 0.15) is 37.5 Å². The van der Waals surface area contributed by atoms with Crippen molar-refractivity contribution in [3.05, 3.63) is 59.2 Å². The largest absolute Gasteiger partial charge is 2.00 e. The van der Waals surface area contributed by atoms with Crippen LogP contribution in [0.4, 0.5) is 11.4 Å². The molecule has 0 atom stereocenters. The topological polar surface area (TPSA) is 62.7 Å². The first-order chi connectivity index (χ1) is 11.3. The van der Waals surface area contributed by atoms with Crippen molar-refractivity contribution in [2.75, 3.05) is 0 Å². The van der Waals surface area contributed by atoms with Gasteiger partial charge in [-0.2, -0.15) is 11.8 Å². The second-order valence-corrected chi connectivity index (χ2v) is 9.81. The van der Waals surface area contributed by atoms with E-state index in [1.165, 1.54) is 22.5 Å². The number of aryl methyl sites for hydroxylation is 1. The summed E-state index contributed by atoms with van der Waals surface area (Å²) in [6.45, 7) is 6.77. The summed E-state index contributed by atoms with van der Waals surface area (Å²) in [6.07, 6.45) is 3.36. The molecule has 139 valence electrons. The van der Waals surface area contributed by atoms with Gasteiger partial charge in [-0.05, 0) is 48.6 Å². The Hall–Kier alpha value is -0.174. The van der Waals surface area contributed by atoms with Crippen molar-refractivity contribution in [3.8, 4) is 0 Å². The van der Waals surface area contributed by atoms with Crippen LogP contribution in [0.15, 0.2) is 42.5 Å². The number of rotatable bonds is 5. The normalized spacial score (nSPS) is 10.5. The maximum Gasteiger partial charge on any atom is 2.00 e. The van der Waals surface area contributed by atoms with Crippen LogP contribution in [-0.4, -0.2) is 0 Å². The van der Waals surface area contributed by atoms with Gasteiger partial charge in [-0.15, -0.1) is 0 Å². The SMILES string of the molecule is CCc1ccc([NH2+]c2ccccc2)c(CC)c1CC.[Co+2].[O-]P([O-])(=S)[S-]. The monoisotopic (exact) mass is 440 g/mol. The van der Waals surface area contributed by atoms with Crippen molar-refractivity contribution in [1.82, 2.24) is 0 Å². The van der Waals surface area contributed by atoms with Gasteiger partial charge < -0.3 is 27.7 Å². The van der Waals surface area contributed by atoms with Crippen LogP contribution >= 0.6 is 5.69 Å². The molecule has 0 aliphatic rings. The van der Waals surface area contributed by atoms with Crippen LogP contribution < -0.4 is 15.1 Å². The second kappa shape index (κ2) is 12.3. The Morgan fingerprint density at radius 3 is 1.88 bits per heavy atom. The van der Waals surface area contributed by atoms with Gasteiger partial charge in [0.05, 0.1) is 0 Å². The predicted molar refractivity (Wildman–Crippen MR) is 104 cm³/mol. The molecule has 0 fully saturated rings. The Bertz CT molecular complexity index is 685. The minimum Gasteiger partial charge on any atom is -0.850 e. The summed E-state index contributed by atoms with van der Waals surface area (Å²) < 4.78 is 0. The third-order valence-corrected chi connectivity index (χ3v) is 3.77. The smallest absolute Gasteiger partial charge is 0.850 e. The number of hydrogen-bond donors (Lipinski definition) is 1. The van der Waals surface area contributed by atoms with Crippen LogP contribution in [0.3, 0.4) is 0 Å². The summed E-state index contributed by atoms with van der Waals surface area (Å²) in [7, 11) is 0. The quantitative estimate of drug-likeness (QED) is 0.441. The summed E-state index contributed by atoms with van der Waals surface area (Å²) in [4.78, 5) is 18.6. The Morgan fingerprint density at radius 1 is 0.920 bits per heavy atom. The van der Waals surface area contributed by atoms with Gasteiger partial charge in [0.1, 0.15) is 11.4 Å². The van der Waals surface area contributed by atoms with E-state index in [0.29, 0.717) is 0 Å². The zero-order valence-corrected chi connectivity index (χ0v) is 18.2. The van der Waals surface area contributed by atoms with Gasteiger partial charge >= 0.3 is 16.8 Å². The summed E-state index contributed by atoms with van der Waals surface area (Å²) in [5.41, 5.74) is 3.51. The maximum absolute atomic E-state index is 9.29. The van der Waals surface area contributed by atoms with Crippen LogP contribution in [0.2, 0.25) is 0 Å². The van der Waals surface area contributed by atoms with E-state index in [1.54, 1.807) is 5.56 Å². The molecule has 0 saturated heterocycles. The van der Waals surface area contributed by atoms with Gasteiger partial charge in [-0.1, -0.05) is 45.0 Å². The molecule has 0 saturated carbocycles. The molecular formula is C18H24CoNO2PS2. The fourth-order valence-corrected chi connectivity index (χ4v) is 2.81. The average Bonchev–Trinajstić information content (AvgIpc) is 2.53. The second-order valence-electron chi connectivity index (χ2n) is 5.33. The zero-order chi connectivity index (χ0) is 18.2. The fourth-order valence-electron chi connectivity index (χ4n) is 2.81. The van der Waals surface area contributed by atoms with Gasteiger partial charge in [-0.25, -0.2) is 0 Å². The molecule has 7 heteroatoms. The minimum atomic E-state index is -3.72. The number of nitrogens with two attached hydrogens (primary N) is 1. The molecule has 0 aromatic heterocycles. The molecule has 2 aromatic carbocycles. The Balaban J connectivity index is 0.000000848. The number of quaternary nitrogens is 1. The van der Waals surface area contributed by atoms with Crippen molar-refractivity contribution in [3.63, 3.8) is 0 Å². The molecule has 0 bridgehead atoms. The fraction of sp³-hybridized carbons (Fsp3) is 0.333. The minimum absolute atomic E-state index is 0. The number of para-hydroxylation sites is 1. The molecule has 0 aliphatic carbocycles. The van der Waals surface area contributed by atoms with Gasteiger partial charge in [0.25, 0.3) is 0 Å². The van der Waals surface area contributed by atoms with E-state index in [-0.39, 0.29) is 16.8 Å². The summed E-state index contributed by atoms with van der Waals surface area (Å²) >= 11 is 7.28. The van der Waals surface area contributed by atoms with Crippen LogP contribution in [0.25, 0.3) is 0 Å². The Kier molecular flexibility index (Phi) is 12.2. The van der Waals surface area contributed by atoms with Crippen molar-refractivity contribution >= 4 is 41.1 Å². The van der Waals surface area contributed by atoms with Crippen molar-refractivity contribution in [2.45, 2.75) is 40.0 Å². The van der Waals surface area contributed by atoms with E-state index in [4.69, 9.17) is 0 Å². The molecule has 0 amide bonds. The number of hydrogen-bond acceptors (Lipinski definition) is 4. The van der Waals surface area contributed by atoms with E-state index in [0.717, 1.165) is 19.3 Å². The first kappa shape index (κ1) is 24.8. The summed E-state index contributed by atoms with van der Waals surface area (Å²) in [5, 5.41) is 2.30. The van der Waals surface area contributed by atoms with E-state index < -0.39 is 5.69 Å². The van der Waals surface area contributed by atoms with Gasteiger partial charge in [0, 0.05) is 5.56 Å². The predicted octanol–water partition coefficient (Wildman–Crippen LogP) is 2.38. The average molecular weight is 440 g/mol. The molecular weight excluding hydrogens is 416 g/mol. The van der Waals surface area contributed by atoms with E-state index in [9.17, 15) is 9.79 Å². The molecule has 0 unspecified atom stereocenters. The maximum atomic E-state index is 9.29. The summed E-state index contributed by atoms with van der Waals surface area (Å²) in [6, 6.07) is 15.2. The van der Waals surface area contributed by atoms with Crippen molar-refractivity contribution in [1.29, 1.82) is 0 Å². The Morgan fingerprint density at radius 2 is 1.44 bits per heavy atom. The molecule has 2 rings (SSSR count). The van der Waals surface area contributed by atoms with E-state index in [1.807, 2.05) is 0 Å². The van der Waals surface area contributed by atoms with E-state index >= 15 is 0 Å². The molecule has 3 nitrogen and oxygen atoms in total. The molecule has 0 spiro atoms. The molecule has 0 aliphatic heterocycles. The first-order valence-corrected chi connectivity index (χ1v) is 11.7. The molecule has 2 N–H and O–H groups in total. The zero-order valence-electron chi connectivity index (χ0n) is 14.7. The van der Waals surface area contributed by atoms with Gasteiger partial charge in [-0.3, -0.25) is 5.32 Å². The third-order valence-electron chi connectivity index (χ3n) is 3.77. The molecule has 0 heterocycles. The van der Waals surface area contributed by atoms with Crippen LogP contribution in [0.5, 0.6) is 0 Å². The standard InChI is InChI=1S/C18H23N.Co.H3O2PS2/c1-4-14-12-13-18(17(6-3)16(14)5-2)19-15-10-8-7-9-11-15;;1-3(2,4)5/h7-13,19H,4-6H2,1-3H3;;(H3,1,2,4,5)/q;+2;/p-2. The molecule has 25 heavy (non-hydrogen) atoms. The molecule has 1 radical (unpaired) electrons. The van der Waals surface area contributed by atoms with Crippen LogP contribution in [0, 0.1) is 0 Å². The van der Waals surface area contributed by atoms with Crippen molar-refractivity contribution in [2.24, 2.45) is 0 Å². The Labute approximate surface area is 171 Å². The van der Waals surface area contributed by atoms with Gasteiger partial charge in [0.15, 0.2) is 0 Å². The van der Waals surface area contributed by atoms with Crippen LogP contribution in [-0.2, 0) is 60.1 Å². The third kappa shape index (κ3) is 9.36. The van der Waals surface area contributed by atoms with E-state index in [2.05, 4.69) is 92.6 Å².